The quantitative estimate of drug-likeness (QED) is 0.768. The number of nitrogens with zero attached hydrogens (tertiary/aromatic N) is 4. The lowest BCUT2D eigenvalue weighted by Gasteiger charge is -2.36. The highest BCUT2D eigenvalue weighted by molar-refractivity contribution is 6.00. The second kappa shape index (κ2) is 8.56. The number of piperazine rings is 1. The molecule has 28 heavy (non-hydrogen) atoms. The summed E-state index contributed by atoms with van der Waals surface area (Å²) in [5.41, 5.74) is 3.61. The van der Waals surface area contributed by atoms with Gasteiger partial charge in [0.05, 0.1) is 11.3 Å². The third-order valence-corrected chi connectivity index (χ3v) is 5.27. The Labute approximate surface area is 166 Å². The van der Waals surface area contributed by atoms with Crippen LogP contribution in [0.2, 0.25) is 0 Å². The van der Waals surface area contributed by atoms with Crippen molar-refractivity contribution in [1.29, 1.82) is 0 Å². The summed E-state index contributed by atoms with van der Waals surface area (Å²) >= 11 is 0. The number of rotatable bonds is 6. The molecule has 1 aromatic carbocycles. The van der Waals surface area contributed by atoms with Crippen LogP contribution in [0.3, 0.4) is 0 Å². The fourth-order valence-corrected chi connectivity index (χ4v) is 3.69. The van der Waals surface area contributed by atoms with E-state index in [4.69, 9.17) is 0 Å². The molecule has 0 aliphatic carbocycles. The Morgan fingerprint density at radius 2 is 1.75 bits per heavy atom. The number of ketones is 1. The van der Waals surface area contributed by atoms with Gasteiger partial charge in [-0.15, -0.1) is 0 Å². The van der Waals surface area contributed by atoms with Crippen LogP contribution in [-0.4, -0.2) is 59.7 Å². The van der Waals surface area contributed by atoms with Gasteiger partial charge in [0.2, 0.25) is 0 Å². The maximum atomic E-state index is 12.4. The van der Waals surface area contributed by atoms with Crippen LogP contribution in [0.25, 0.3) is 0 Å². The number of aryl methyl sites for hydroxylation is 3. The molecular weight excluding hydrogens is 354 g/mol. The molecule has 0 amide bonds. The van der Waals surface area contributed by atoms with Gasteiger partial charge >= 0.3 is 0 Å². The summed E-state index contributed by atoms with van der Waals surface area (Å²) in [6.07, 6.45) is 0. The van der Waals surface area contributed by atoms with Crippen molar-refractivity contribution in [1.82, 2.24) is 14.7 Å². The monoisotopic (exact) mass is 383 g/mol. The van der Waals surface area contributed by atoms with E-state index in [1.807, 2.05) is 0 Å². The average molecular weight is 383 g/mol. The van der Waals surface area contributed by atoms with Gasteiger partial charge in [0, 0.05) is 52.0 Å². The lowest BCUT2D eigenvalue weighted by molar-refractivity contribution is 0.101. The number of carbonyl (C=O) groups excluding carboxylic acids is 1. The number of Topliss-reactive ketones (excluding diaryl/α,β-unsaturated/α-hetero) is 1. The molecule has 1 N–H and O–H groups in total. The minimum atomic E-state index is -0.264. The molecule has 0 atom stereocenters. The Hall–Kier alpha value is -2.67. The Morgan fingerprint density at radius 1 is 1.11 bits per heavy atom. The topological polar surface area (TPSA) is 70.5 Å². The fraction of sp³-hybridized carbons (Fsp3) is 0.476. The van der Waals surface area contributed by atoms with Crippen molar-refractivity contribution in [2.24, 2.45) is 7.05 Å². The van der Waals surface area contributed by atoms with Crippen LogP contribution < -0.4 is 15.8 Å². The van der Waals surface area contributed by atoms with Crippen molar-refractivity contribution in [2.75, 3.05) is 49.5 Å². The van der Waals surface area contributed by atoms with Crippen molar-refractivity contribution in [3.05, 3.63) is 51.4 Å². The van der Waals surface area contributed by atoms with Crippen LogP contribution in [0.5, 0.6) is 0 Å². The van der Waals surface area contributed by atoms with Crippen molar-refractivity contribution in [3.8, 4) is 0 Å². The smallest absolute Gasteiger partial charge is 0.290 e. The van der Waals surface area contributed by atoms with Gasteiger partial charge in [0.15, 0.2) is 5.78 Å². The number of nitrogens with one attached hydrogen (secondary N) is 1. The molecule has 1 aliphatic rings. The first-order chi connectivity index (χ1) is 13.4. The van der Waals surface area contributed by atoms with Gasteiger partial charge in [-0.2, -0.15) is 5.10 Å². The highest BCUT2D eigenvalue weighted by Gasteiger charge is 2.19. The number of aromatic nitrogens is 2. The van der Waals surface area contributed by atoms with Crippen molar-refractivity contribution >= 4 is 17.2 Å². The molecule has 1 aromatic heterocycles. The van der Waals surface area contributed by atoms with Gasteiger partial charge < -0.3 is 10.2 Å². The Bertz CT molecular complexity index is 896. The average Bonchev–Trinajstić information content (AvgIpc) is 2.66. The summed E-state index contributed by atoms with van der Waals surface area (Å²) in [6.45, 7) is 10.7. The third kappa shape index (κ3) is 4.42. The molecule has 2 heterocycles. The predicted octanol–water partition coefficient (Wildman–Crippen LogP) is 1.83. The maximum absolute atomic E-state index is 12.4. The first-order valence-electron chi connectivity index (χ1n) is 9.73. The van der Waals surface area contributed by atoms with E-state index in [9.17, 15) is 9.59 Å². The summed E-state index contributed by atoms with van der Waals surface area (Å²) in [7, 11) is 1.61. The number of benzene rings is 1. The number of carbonyl (C=O) groups is 1. The fourth-order valence-electron chi connectivity index (χ4n) is 3.69. The lowest BCUT2D eigenvalue weighted by Crippen LogP contribution is -2.47. The second-order valence-electron chi connectivity index (χ2n) is 7.41. The van der Waals surface area contributed by atoms with Crippen LogP contribution in [0.4, 0.5) is 11.4 Å². The van der Waals surface area contributed by atoms with E-state index in [-0.39, 0.29) is 11.3 Å². The molecule has 0 bridgehead atoms. The molecule has 7 heteroatoms. The molecule has 0 unspecified atom stereocenters. The normalized spacial score (nSPS) is 14.9. The highest BCUT2D eigenvalue weighted by atomic mass is 16.1. The molecule has 7 nitrogen and oxygen atoms in total. The van der Waals surface area contributed by atoms with Crippen LogP contribution >= 0.6 is 0 Å². The summed E-state index contributed by atoms with van der Waals surface area (Å²) in [5.74, 6) is -0.142. The van der Waals surface area contributed by atoms with Crippen LogP contribution in [0.15, 0.2) is 29.1 Å². The second-order valence-corrected chi connectivity index (χ2v) is 7.41. The molecule has 3 rings (SSSR count). The van der Waals surface area contributed by atoms with Crippen LogP contribution in [0.1, 0.15) is 28.5 Å². The molecular formula is C21H29N5O2. The van der Waals surface area contributed by atoms with E-state index in [0.29, 0.717) is 23.5 Å². The Kier molecular flexibility index (Phi) is 6.14. The number of anilines is 2. The molecule has 0 saturated carbocycles. The zero-order chi connectivity index (χ0) is 20.3. The van der Waals surface area contributed by atoms with Gasteiger partial charge in [0.1, 0.15) is 5.69 Å². The predicted molar refractivity (Wildman–Crippen MR) is 113 cm³/mol. The summed E-state index contributed by atoms with van der Waals surface area (Å²) in [5, 5.41) is 7.31. The van der Waals surface area contributed by atoms with E-state index in [1.165, 1.54) is 22.9 Å². The summed E-state index contributed by atoms with van der Waals surface area (Å²) in [6, 6.07) is 8.65. The maximum Gasteiger partial charge on any atom is 0.290 e. The molecule has 1 fully saturated rings. The van der Waals surface area contributed by atoms with E-state index in [0.717, 1.165) is 32.7 Å². The molecule has 150 valence electrons. The van der Waals surface area contributed by atoms with Crippen LogP contribution in [0, 0.1) is 13.8 Å². The van der Waals surface area contributed by atoms with Crippen molar-refractivity contribution in [2.45, 2.75) is 20.8 Å². The first-order valence-corrected chi connectivity index (χ1v) is 9.73. The third-order valence-electron chi connectivity index (χ3n) is 5.27. The van der Waals surface area contributed by atoms with E-state index < -0.39 is 0 Å². The van der Waals surface area contributed by atoms with Crippen LogP contribution in [-0.2, 0) is 7.05 Å². The molecule has 0 radical (unpaired) electrons. The zero-order valence-electron chi connectivity index (χ0n) is 17.2. The zero-order valence-corrected chi connectivity index (χ0v) is 17.2. The molecule has 1 saturated heterocycles. The molecule has 0 spiro atoms. The van der Waals surface area contributed by atoms with Gasteiger partial charge in [-0.3, -0.25) is 14.5 Å². The minimum absolute atomic E-state index is 0.142. The van der Waals surface area contributed by atoms with Gasteiger partial charge in [-0.05, 0) is 32.9 Å². The first kappa shape index (κ1) is 20.1. The Morgan fingerprint density at radius 3 is 2.36 bits per heavy atom. The van der Waals surface area contributed by atoms with Crippen molar-refractivity contribution < 1.29 is 4.79 Å². The van der Waals surface area contributed by atoms with E-state index in [1.54, 1.807) is 14.0 Å². The largest absolute Gasteiger partial charge is 0.379 e. The highest BCUT2D eigenvalue weighted by Crippen LogP contribution is 2.17. The SMILES string of the molecule is CC(=O)c1c(C)nn(C)c(=O)c1NCCN1CCN(c2ccc(C)cc2)CC1. The summed E-state index contributed by atoms with van der Waals surface area (Å²) in [4.78, 5) is 29.2. The van der Waals surface area contributed by atoms with Gasteiger partial charge in [-0.1, -0.05) is 17.7 Å². The Balaban J connectivity index is 1.56. The lowest BCUT2D eigenvalue weighted by atomic mass is 10.1. The van der Waals surface area contributed by atoms with Crippen molar-refractivity contribution in [3.63, 3.8) is 0 Å². The standard InChI is InChI=1S/C21H29N5O2/c1-15-5-7-18(8-6-15)26-13-11-25(12-14-26)10-9-22-20-19(17(3)27)16(2)23-24(4)21(20)28/h5-8,22H,9-14H2,1-4H3. The molecule has 2 aromatic rings. The summed E-state index contributed by atoms with van der Waals surface area (Å²) < 4.78 is 1.28. The number of hydrogen-bond donors (Lipinski definition) is 1. The van der Waals surface area contributed by atoms with E-state index >= 15 is 0 Å². The van der Waals surface area contributed by atoms with E-state index in [2.05, 4.69) is 51.4 Å². The molecule has 1 aliphatic heterocycles. The minimum Gasteiger partial charge on any atom is -0.379 e. The number of hydrogen-bond acceptors (Lipinski definition) is 6. The van der Waals surface area contributed by atoms with Gasteiger partial charge in [-0.25, -0.2) is 4.68 Å². The van der Waals surface area contributed by atoms with Gasteiger partial charge in [0.25, 0.3) is 5.56 Å².